The number of hydrogen-bond acceptors (Lipinski definition) is 1. The topological polar surface area (TPSA) is 0 Å². The molecule has 0 N–H and O–H groups in total. The Balaban J connectivity index is 1.90. The van der Waals surface area contributed by atoms with Crippen LogP contribution < -0.4 is 0 Å². The highest BCUT2D eigenvalue weighted by atomic mass is 32.2. The van der Waals surface area contributed by atoms with Gasteiger partial charge in [-0.1, -0.05) is 30.0 Å². The summed E-state index contributed by atoms with van der Waals surface area (Å²) in [5.41, 5.74) is 2.49. The first-order chi connectivity index (χ1) is 8.70. The minimum Gasteiger partial charge on any atom is -0.207 e. The van der Waals surface area contributed by atoms with E-state index in [1.807, 2.05) is 12.1 Å². The molecule has 0 atom stereocenters. The number of halogens is 2. The van der Waals surface area contributed by atoms with Crippen LogP contribution in [0.3, 0.4) is 0 Å². The van der Waals surface area contributed by atoms with Crippen molar-refractivity contribution in [1.29, 1.82) is 0 Å². The molecule has 0 radical (unpaired) electrons. The van der Waals surface area contributed by atoms with E-state index < -0.39 is 11.6 Å². The molecule has 0 bridgehead atoms. The average Bonchev–Trinajstić information content (AvgIpc) is 2.74. The van der Waals surface area contributed by atoms with E-state index in [0.29, 0.717) is 4.90 Å². The molecular weight excluding hydrogens is 250 g/mol. The summed E-state index contributed by atoms with van der Waals surface area (Å²) in [7, 11) is 0. The first kappa shape index (κ1) is 11.5. The van der Waals surface area contributed by atoms with Gasteiger partial charge in [0.15, 0.2) is 0 Å². The molecule has 0 amide bonds. The summed E-state index contributed by atoms with van der Waals surface area (Å²) in [5, 5.41) is 0. The van der Waals surface area contributed by atoms with Crippen molar-refractivity contribution < 1.29 is 8.78 Å². The van der Waals surface area contributed by atoms with Gasteiger partial charge in [-0.05, 0) is 41.8 Å². The first-order valence-electron chi connectivity index (χ1n) is 5.64. The monoisotopic (exact) mass is 260 g/mol. The molecule has 2 aromatic rings. The lowest BCUT2D eigenvalue weighted by Crippen LogP contribution is -1.84. The van der Waals surface area contributed by atoms with E-state index >= 15 is 0 Å². The second-order valence-corrected chi connectivity index (χ2v) is 5.32. The smallest absolute Gasteiger partial charge is 0.127 e. The highest BCUT2D eigenvalue weighted by Gasteiger charge is 2.07. The quantitative estimate of drug-likeness (QED) is 0.755. The van der Waals surface area contributed by atoms with Crippen LogP contribution in [0.2, 0.25) is 0 Å². The Bertz CT molecular complexity index is 612. The van der Waals surface area contributed by atoms with Crippen LogP contribution in [-0.4, -0.2) is 0 Å². The van der Waals surface area contributed by atoms with E-state index in [9.17, 15) is 8.78 Å². The van der Waals surface area contributed by atoms with Crippen molar-refractivity contribution >= 4 is 17.8 Å². The zero-order valence-corrected chi connectivity index (χ0v) is 10.3. The minimum atomic E-state index is -0.543. The molecule has 0 spiro atoms. The molecule has 3 rings (SSSR count). The molecule has 3 heteroatoms. The van der Waals surface area contributed by atoms with Crippen LogP contribution in [0.5, 0.6) is 0 Å². The van der Waals surface area contributed by atoms with E-state index in [4.69, 9.17) is 0 Å². The van der Waals surface area contributed by atoms with Crippen LogP contribution in [-0.2, 0) is 6.42 Å². The fourth-order valence-electron chi connectivity index (χ4n) is 2.01. The van der Waals surface area contributed by atoms with Gasteiger partial charge in [0.1, 0.15) is 11.6 Å². The largest absolute Gasteiger partial charge is 0.207 e. The Hall–Kier alpha value is -1.61. The molecule has 0 unspecified atom stereocenters. The van der Waals surface area contributed by atoms with Crippen molar-refractivity contribution in [1.82, 2.24) is 0 Å². The van der Waals surface area contributed by atoms with Gasteiger partial charge in [-0.25, -0.2) is 8.78 Å². The highest BCUT2D eigenvalue weighted by Crippen LogP contribution is 2.32. The van der Waals surface area contributed by atoms with Gasteiger partial charge in [-0.3, -0.25) is 0 Å². The summed E-state index contributed by atoms with van der Waals surface area (Å²) in [6, 6.07) is 9.67. The van der Waals surface area contributed by atoms with Crippen molar-refractivity contribution in [2.45, 2.75) is 16.2 Å². The molecule has 1 aliphatic rings. The van der Waals surface area contributed by atoms with E-state index in [1.54, 1.807) is 0 Å². The highest BCUT2D eigenvalue weighted by molar-refractivity contribution is 7.99. The standard InChI is InChI=1S/C15H10F2S/c16-12-7-13(17)9-15(8-12)18-14-5-4-10-2-1-3-11(10)6-14/h1,3-9H,2H2. The summed E-state index contributed by atoms with van der Waals surface area (Å²) in [6.07, 6.45) is 5.15. The molecule has 0 saturated carbocycles. The van der Waals surface area contributed by atoms with Crippen molar-refractivity contribution in [2.75, 3.05) is 0 Å². The number of allylic oxidation sites excluding steroid dienone is 1. The van der Waals surface area contributed by atoms with Gasteiger partial charge < -0.3 is 0 Å². The Morgan fingerprint density at radius 2 is 1.67 bits per heavy atom. The van der Waals surface area contributed by atoms with Crippen molar-refractivity contribution in [3.8, 4) is 0 Å². The molecule has 0 aromatic heterocycles. The minimum absolute atomic E-state index is 0.543. The third kappa shape index (κ3) is 2.31. The van der Waals surface area contributed by atoms with Gasteiger partial charge in [-0.15, -0.1) is 0 Å². The number of hydrogen-bond donors (Lipinski definition) is 0. The van der Waals surface area contributed by atoms with E-state index in [0.717, 1.165) is 17.4 Å². The maximum atomic E-state index is 13.1. The molecule has 0 aliphatic heterocycles. The van der Waals surface area contributed by atoms with E-state index in [2.05, 4.69) is 18.2 Å². The van der Waals surface area contributed by atoms with Crippen LogP contribution >= 0.6 is 11.8 Å². The van der Waals surface area contributed by atoms with Crippen molar-refractivity contribution in [2.24, 2.45) is 0 Å². The second kappa shape index (κ2) is 4.58. The molecule has 0 fully saturated rings. The van der Waals surface area contributed by atoms with Crippen molar-refractivity contribution in [3.05, 3.63) is 65.2 Å². The molecule has 2 aromatic carbocycles. The molecule has 90 valence electrons. The van der Waals surface area contributed by atoms with E-state index in [-0.39, 0.29) is 0 Å². The van der Waals surface area contributed by atoms with Gasteiger partial charge in [0.2, 0.25) is 0 Å². The van der Waals surface area contributed by atoms with Gasteiger partial charge in [0.25, 0.3) is 0 Å². The normalized spacial score (nSPS) is 12.8. The average molecular weight is 260 g/mol. The zero-order valence-electron chi connectivity index (χ0n) is 9.49. The summed E-state index contributed by atoms with van der Waals surface area (Å²) >= 11 is 1.37. The molecular formula is C15H10F2S. The Morgan fingerprint density at radius 1 is 0.889 bits per heavy atom. The Morgan fingerprint density at radius 3 is 2.44 bits per heavy atom. The van der Waals surface area contributed by atoms with Crippen LogP contribution in [0.1, 0.15) is 11.1 Å². The van der Waals surface area contributed by atoms with Crippen LogP contribution in [0.25, 0.3) is 6.08 Å². The molecule has 0 nitrogen and oxygen atoms in total. The Kier molecular flexibility index (Phi) is 2.92. The summed E-state index contributed by atoms with van der Waals surface area (Å²) in [6.45, 7) is 0. The van der Waals surface area contributed by atoms with E-state index in [1.165, 1.54) is 35.0 Å². The lowest BCUT2D eigenvalue weighted by atomic mass is 10.1. The Labute approximate surface area is 108 Å². The molecule has 0 saturated heterocycles. The lowest BCUT2D eigenvalue weighted by Gasteiger charge is -2.05. The zero-order chi connectivity index (χ0) is 12.5. The second-order valence-electron chi connectivity index (χ2n) is 4.17. The third-order valence-corrected chi connectivity index (χ3v) is 3.79. The van der Waals surface area contributed by atoms with Gasteiger partial charge in [-0.2, -0.15) is 0 Å². The fourth-order valence-corrected chi connectivity index (χ4v) is 2.95. The van der Waals surface area contributed by atoms with Gasteiger partial charge >= 0.3 is 0 Å². The van der Waals surface area contributed by atoms with Gasteiger partial charge in [0, 0.05) is 15.9 Å². The maximum absolute atomic E-state index is 13.1. The maximum Gasteiger partial charge on any atom is 0.127 e. The number of benzene rings is 2. The van der Waals surface area contributed by atoms with Crippen molar-refractivity contribution in [3.63, 3.8) is 0 Å². The predicted octanol–water partition coefficient (Wildman–Crippen LogP) is 4.69. The lowest BCUT2D eigenvalue weighted by molar-refractivity contribution is 0.577. The predicted molar refractivity (Wildman–Crippen MR) is 69.7 cm³/mol. The van der Waals surface area contributed by atoms with Crippen LogP contribution in [0.15, 0.2) is 52.3 Å². The molecule has 18 heavy (non-hydrogen) atoms. The number of rotatable bonds is 2. The fraction of sp³-hybridized carbons (Fsp3) is 0.0667. The van der Waals surface area contributed by atoms with Gasteiger partial charge in [0.05, 0.1) is 0 Å². The molecule has 1 aliphatic carbocycles. The summed E-state index contributed by atoms with van der Waals surface area (Å²) in [5.74, 6) is -1.09. The first-order valence-corrected chi connectivity index (χ1v) is 6.46. The number of fused-ring (bicyclic) bond motifs is 1. The SMILES string of the molecule is Fc1cc(F)cc(Sc2ccc3c(c2)C=CC3)c1. The van der Waals surface area contributed by atoms with Crippen LogP contribution in [0, 0.1) is 11.6 Å². The summed E-state index contributed by atoms with van der Waals surface area (Å²) in [4.78, 5) is 1.57. The van der Waals surface area contributed by atoms with Crippen LogP contribution in [0.4, 0.5) is 8.78 Å². The third-order valence-electron chi connectivity index (χ3n) is 2.82. The molecule has 0 heterocycles. The summed E-state index contributed by atoms with van der Waals surface area (Å²) < 4.78 is 26.2.